The summed E-state index contributed by atoms with van der Waals surface area (Å²) < 4.78 is 5.18. The van der Waals surface area contributed by atoms with Crippen LogP contribution in [0.4, 0.5) is 0 Å². The molecular weight excluding hydrogens is 210 g/mol. The molecule has 1 aromatic carbocycles. The third kappa shape index (κ3) is 3.11. The molecule has 3 heteroatoms. The van der Waals surface area contributed by atoms with Crippen LogP contribution in [0, 0.1) is 0 Å². The van der Waals surface area contributed by atoms with Gasteiger partial charge in [0.2, 0.25) is 0 Å². The zero-order valence-corrected chi connectivity index (χ0v) is 10.3. The van der Waals surface area contributed by atoms with E-state index in [2.05, 4.69) is 6.92 Å². The molecule has 0 aromatic heterocycles. The second-order valence-electron chi connectivity index (χ2n) is 3.79. The standard InChI is InChI=1S/C12H18ClNO/c1-4-9-7-12(15-3)11(13)6-10(9)5-8(2)14/h6-8H,4-5,14H2,1-3H3. The smallest absolute Gasteiger partial charge is 0.137 e. The summed E-state index contributed by atoms with van der Waals surface area (Å²) >= 11 is 6.08. The van der Waals surface area contributed by atoms with Gasteiger partial charge in [-0.3, -0.25) is 0 Å². The van der Waals surface area contributed by atoms with Gasteiger partial charge in [0, 0.05) is 6.04 Å². The van der Waals surface area contributed by atoms with Crippen LogP contribution in [-0.2, 0) is 12.8 Å². The topological polar surface area (TPSA) is 35.2 Å². The number of hydrogen-bond donors (Lipinski definition) is 1. The van der Waals surface area contributed by atoms with Gasteiger partial charge in [-0.1, -0.05) is 18.5 Å². The molecule has 2 nitrogen and oxygen atoms in total. The van der Waals surface area contributed by atoms with Crippen molar-refractivity contribution in [3.8, 4) is 5.75 Å². The summed E-state index contributed by atoms with van der Waals surface area (Å²) in [6, 6.07) is 4.11. The maximum Gasteiger partial charge on any atom is 0.137 e. The van der Waals surface area contributed by atoms with Gasteiger partial charge in [0.05, 0.1) is 12.1 Å². The Balaban J connectivity index is 3.09. The minimum absolute atomic E-state index is 0.153. The minimum Gasteiger partial charge on any atom is -0.495 e. The highest BCUT2D eigenvalue weighted by Crippen LogP contribution is 2.29. The lowest BCUT2D eigenvalue weighted by Gasteiger charge is -2.13. The molecule has 15 heavy (non-hydrogen) atoms. The number of hydrogen-bond acceptors (Lipinski definition) is 2. The number of aryl methyl sites for hydroxylation is 1. The van der Waals surface area contributed by atoms with E-state index in [1.54, 1.807) is 7.11 Å². The number of ether oxygens (including phenoxy) is 1. The fourth-order valence-corrected chi connectivity index (χ4v) is 1.92. The maximum atomic E-state index is 6.08. The fourth-order valence-electron chi connectivity index (χ4n) is 1.66. The number of benzene rings is 1. The first kappa shape index (κ1) is 12.3. The minimum atomic E-state index is 0.153. The summed E-state index contributed by atoms with van der Waals surface area (Å²) in [4.78, 5) is 0. The lowest BCUT2D eigenvalue weighted by atomic mass is 9.99. The highest BCUT2D eigenvalue weighted by atomic mass is 35.5. The van der Waals surface area contributed by atoms with Crippen LogP contribution in [0.15, 0.2) is 12.1 Å². The van der Waals surface area contributed by atoms with Crippen LogP contribution in [0.1, 0.15) is 25.0 Å². The van der Waals surface area contributed by atoms with E-state index in [9.17, 15) is 0 Å². The number of rotatable bonds is 4. The summed E-state index contributed by atoms with van der Waals surface area (Å²) in [7, 11) is 1.63. The van der Waals surface area contributed by atoms with Gasteiger partial charge in [-0.25, -0.2) is 0 Å². The van der Waals surface area contributed by atoms with E-state index in [0.29, 0.717) is 5.02 Å². The first-order chi connectivity index (χ1) is 7.08. The molecule has 1 unspecified atom stereocenters. The van der Waals surface area contributed by atoms with Crippen molar-refractivity contribution < 1.29 is 4.74 Å². The van der Waals surface area contributed by atoms with E-state index in [-0.39, 0.29) is 6.04 Å². The Morgan fingerprint density at radius 2 is 2.07 bits per heavy atom. The number of methoxy groups -OCH3 is 1. The van der Waals surface area contributed by atoms with E-state index in [1.165, 1.54) is 11.1 Å². The second kappa shape index (κ2) is 5.38. The SMILES string of the molecule is CCc1cc(OC)c(Cl)cc1CC(C)N. The Morgan fingerprint density at radius 1 is 1.40 bits per heavy atom. The molecule has 2 N–H and O–H groups in total. The van der Waals surface area contributed by atoms with Crippen molar-refractivity contribution >= 4 is 11.6 Å². The molecule has 0 aliphatic rings. The third-order valence-electron chi connectivity index (χ3n) is 2.40. The van der Waals surface area contributed by atoms with Gasteiger partial charge in [-0.2, -0.15) is 0 Å². The van der Waals surface area contributed by atoms with Crippen molar-refractivity contribution in [3.05, 3.63) is 28.3 Å². The molecule has 0 amide bonds. The Morgan fingerprint density at radius 3 is 2.53 bits per heavy atom. The molecule has 0 heterocycles. The summed E-state index contributed by atoms with van der Waals surface area (Å²) in [6.07, 6.45) is 1.82. The van der Waals surface area contributed by atoms with Gasteiger partial charge >= 0.3 is 0 Å². The van der Waals surface area contributed by atoms with Crippen LogP contribution in [0.3, 0.4) is 0 Å². The van der Waals surface area contributed by atoms with Crippen LogP contribution in [0.5, 0.6) is 5.75 Å². The predicted octanol–water partition coefficient (Wildman–Crippen LogP) is 2.80. The molecule has 1 aromatic rings. The Hall–Kier alpha value is -0.730. The van der Waals surface area contributed by atoms with Crippen molar-refractivity contribution in [2.24, 2.45) is 5.73 Å². The molecule has 0 radical (unpaired) electrons. The average Bonchev–Trinajstić information content (AvgIpc) is 2.17. The Kier molecular flexibility index (Phi) is 4.43. The predicted molar refractivity (Wildman–Crippen MR) is 64.7 cm³/mol. The molecule has 0 fully saturated rings. The van der Waals surface area contributed by atoms with Gasteiger partial charge < -0.3 is 10.5 Å². The highest BCUT2D eigenvalue weighted by Gasteiger charge is 2.09. The Bertz CT molecular complexity index is 337. The molecule has 0 aliphatic heterocycles. The number of nitrogens with two attached hydrogens (primary N) is 1. The summed E-state index contributed by atoms with van der Waals surface area (Å²) in [5.41, 5.74) is 8.27. The zero-order valence-electron chi connectivity index (χ0n) is 9.51. The fraction of sp³-hybridized carbons (Fsp3) is 0.500. The van der Waals surface area contributed by atoms with Gasteiger partial charge in [0.1, 0.15) is 5.75 Å². The third-order valence-corrected chi connectivity index (χ3v) is 2.69. The zero-order chi connectivity index (χ0) is 11.4. The largest absolute Gasteiger partial charge is 0.495 e. The van der Waals surface area contributed by atoms with E-state index in [1.807, 2.05) is 19.1 Å². The highest BCUT2D eigenvalue weighted by molar-refractivity contribution is 6.32. The van der Waals surface area contributed by atoms with E-state index in [4.69, 9.17) is 22.1 Å². The summed E-state index contributed by atoms with van der Waals surface area (Å²) in [6.45, 7) is 4.12. The molecule has 1 rings (SSSR count). The van der Waals surface area contributed by atoms with Crippen LogP contribution in [0.25, 0.3) is 0 Å². The van der Waals surface area contributed by atoms with Crippen molar-refractivity contribution in [2.75, 3.05) is 7.11 Å². The quantitative estimate of drug-likeness (QED) is 0.859. The van der Waals surface area contributed by atoms with Crippen LogP contribution < -0.4 is 10.5 Å². The van der Waals surface area contributed by atoms with E-state index >= 15 is 0 Å². The van der Waals surface area contributed by atoms with Crippen molar-refractivity contribution in [1.29, 1.82) is 0 Å². The molecule has 0 saturated heterocycles. The number of halogens is 1. The van der Waals surface area contributed by atoms with Gasteiger partial charge in [-0.05, 0) is 43.0 Å². The first-order valence-electron chi connectivity index (χ1n) is 5.19. The van der Waals surface area contributed by atoms with Gasteiger partial charge in [0.25, 0.3) is 0 Å². The van der Waals surface area contributed by atoms with Gasteiger partial charge in [-0.15, -0.1) is 0 Å². The Labute approximate surface area is 96.4 Å². The average molecular weight is 228 g/mol. The first-order valence-corrected chi connectivity index (χ1v) is 5.57. The molecule has 0 saturated carbocycles. The van der Waals surface area contributed by atoms with Crippen LogP contribution >= 0.6 is 11.6 Å². The van der Waals surface area contributed by atoms with E-state index < -0.39 is 0 Å². The molecular formula is C12H18ClNO. The summed E-state index contributed by atoms with van der Waals surface area (Å²) in [5.74, 6) is 0.738. The summed E-state index contributed by atoms with van der Waals surface area (Å²) in [5, 5.41) is 0.658. The van der Waals surface area contributed by atoms with Gasteiger partial charge in [0.15, 0.2) is 0 Å². The van der Waals surface area contributed by atoms with Crippen molar-refractivity contribution in [3.63, 3.8) is 0 Å². The van der Waals surface area contributed by atoms with Crippen LogP contribution in [-0.4, -0.2) is 13.2 Å². The molecule has 0 aliphatic carbocycles. The molecule has 1 atom stereocenters. The molecule has 0 bridgehead atoms. The van der Waals surface area contributed by atoms with Crippen molar-refractivity contribution in [1.82, 2.24) is 0 Å². The monoisotopic (exact) mass is 227 g/mol. The van der Waals surface area contributed by atoms with E-state index in [0.717, 1.165) is 18.6 Å². The maximum absolute atomic E-state index is 6.08. The molecule has 84 valence electrons. The lowest BCUT2D eigenvalue weighted by molar-refractivity contribution is 0.414. The van der Waals surface area contributed by atoms with Crippen molar-refractivity contribution in [2.45, 2.75) is 32.7 Å². The normalized spacial score (nSPS) is 12.6. The second-order valence-corrected chi connectivity index (χ2v) is 4.20. The molecule has 0 spiro atoms. The lowest BCUT2D eigenvalue weighted by Crippen LogP contribution is -2.18. The van der Waals surface area contributed by atoms with Crippen LogP contribution in [0.2, 0.25) is 5.02 Å².